The number of ether oxygens (including phenoxy) is 2. The molecule has 4 rings (SSSR count). The molecule has 1 saturated heterocycles. The molecule has 3 aromatic rings. The van der Waals surface area contributed by atoms with Gasteiger partial charge >= 0.3 is 12.1 Å². The van der Waals surface area contributed by atoms with Crippen molar-refractivity contribution in [2.45, 2.75) is 13.2 Å². The first-order valence-corrected chi connectivity index (χ1v) is 10.6. The Morgan fingerprint density at radius 3 is 2.53 bits per heavy atom. The molecule has 1 aliphatic rings. The van der Waals surface area contributed by atoms with E-state index >= 15 is 0 Å². The van der Waals surface area contributed by atoms with E-state index in [2.05, 4.69) is 16.0 Å². The Bertz CT molecular complexity index is 1180. The van der Waals surface area contributed by atoms with Crippen LogP contribution in [0.4, 0.5) is 21.0 Å². The molecule has 0 radical (unpaired) electrons. The molecule has 1 fully saturated rings. The number of amides is 5. The van der Waals surface area contributed by atoms with Crippen LogP contribution in [0.1, 0.15) is 11.1 Å². The highest BCUT2D eigenvalue weighted by atomic mass is 16.5. The minimum atomic E-state index is -0.489. The summed E-state index contributed by atoms with van der Waals surface area (Å²) in [6.07, 6.45) is 0. The van der Waals surface area contributed by atoms with Crippen LogP contribution in [0.15, 0.2) is 72.8 Å². The number of hydrogen-bond donors (Lipinski definition) is 3. The van der Waals surface area contributed by atoms with Crippen molar-refractivity contribution < 1.29 is 23.9 Å². The topological polar surface area (TPSA) is 109 Å². The number of imide groups is 1. The van der Waals surface area contributed by atoms with E-state index in [1.807, 2.05) is 36.4 Å². The summed E-state index contributed by atoms with van der Waals surface area (Å²) in [5.41, 5.74) is 2.70. The lowest BCUT2D eigenvalue weighted by molar-refractivity contribution is -0.115. The molecule has 3 aromatic carbocycles. The lowest BCUT2D eigenvalue weighted by Crippen LogP contribution is -2.31. The molecule has 9 heteroatoms. The second-order valence-electron chi connectivity index (χ2n) is 7.51. The molecule has 0 unspecified atom stereocenters. The lowest BCUT2D eigenvalue weighted by atomic mass is 10.2. The van der Waals surface area contributed by atoms with Gasteiger partial charge in [-0.1, -0.05) is 42.5 Å². The number of nitrogens with one attached hydrogen (secondary N) is 3. The van der Waals surface area contributed by atoms with Gasteiger partial charge in [-0.2, -0.15) is 0 Å². The van der Waals surface area contributed by atoms with Crippen LogP contribution in [0.25, 0.3) is 0 Å². The van der Waals surface area contributed by atoms with Gasteiger partial charge in [0.25, 0.3) is 5.91 Å². The van der Waals surface area contributed by atoms with E-state index in [1.54, 1.807) is 43.5 Å². The molecule has 0 atom stereocenters. The molecule has 0 aromatic heterocycles. The van der Waals surface area contributed by atoms with Crippen molar-refractivity contribution in [2.75, 3.05) is 23.9 Å². The van der Waals surface area contributed by atoms with E-state index < -0.39 is 12.1 Å². The molecule has 0 bridgehead atoms. The Balaban J connectivity index is 1.33. The zero-order valence-electron chi connectivity index (χ0n) is 18.5. The maximum atomic E-state index is 12.4. The van der Waals surface area contributed by atoms with E-state index in [9.17, 15) is 14.4 Å². The third-order valence-electron chi connectivity index (χ3n) is 5.12. The van der Waals surface area contributed by atoms with Gasteiger partial charge in [0.15, 0.2) is 11.5 Å². The van der Waals surface area contributed by atoms with Crippen LogP contribution in [0.2, 0.25) is 0 Å². The normalized spacial score (nSPS) is 12.8. The predicted octanol–water partition coefficient (Wildman–Crippen LogP) is 3.65. The summed E-state index contributed by atoms with van der Waals surface area (Å²) in [5, 5.41) is 7.95. The minimum absolute atomic E-state index is 0.0451. The number of urea groups is 2. The Kier molecular flexibility index (Phi) is 6.92. The summed E-state index contributed by atoms with van der Waals surface area (Å²) in [6.45, 7) is 0.630. The highest BCUT2D eigenvalue weighted by Gasteiger charge is 2.30. The van der Waals surface area contributed by atoms with E-state index in [-0.39, 0.29) is 19.0 Å². The van der Waals surface area contributed by atoms with Crippen LogP contribution >= 0.6 is 0 Å². The summed E-state index contributed by atoms with van der Waals surface area (Å²) >= 11 is 0. The smallest absolute Gasteiger partial charge is 0.329 e. The molecule has 34 heavy (non-hydrogen) atoms. The highest BCUT2D eigenvalue weighted by molar-refractivity contribution is 6.20. The number of hydrogen-bond acceptors (Lipinski definition) is 5. The van der Waals surface area contributed by atoms with Crippen LogP contribution in [0.3, 0.4) is 0 Å². The molecule has 0 saturated carbocycles. The van der Waals surface area contributed by atoms with Gasteiger partial charge in [-0.15, -0.1) is 0 Å². The Hall–Kier alpha value is -4.53. The summed E-state index contributed by atoms with van der Waals surface area (Å²) in [4.78, 5) is 37.2. The van der Waals surface area contributed by atoms with Crippen molar-refractivity contribution in [2.24, 2.45) is 0 Å². The van der Waals surface area contributed by atoms with Gasteiger partial charge in [-0.05, 0) is 41.5 Å². The number of rotatable bonds is 8. The molecule has 1 heterocycles. The van der Waals surface area contributed by atoms with E-state index in [0.717, 1.165) is 16.0 Å². The minimum Gasteiger partial charge on any atom is -0.493 e. The SMILES string of the molecule is COc1cc(CNC(=O)Nc2cccc(N3C(=O)CNC3=O)c2)ccc1OCc1ccccc1. The van der Waals surface area contributed by atoms with Crippen LogP contribution < -0.4 is 30.3 Å². The first-order chi connectivity index (χ1) is 16.5. The number of methoxy groups -OCH3 is 1. The van der Waals surface area contributed by atoms with Crippen molar-refractivity contribution in [3.63, 3.8) is 0 Å². The maximum absolute atomic E-state index is 12.4. The first-order valence-electron chi connectivity index (χ1n) is 10.6. The van der Waals surface area contributed by atoms with Crippen molar-refractivity contribution in [3.8, 4) is 11.5 Å². The predicted molar refractivity (Wildman–Crippen MR) is 127 cm³/mol. The van der Waals surface area contributed by atoms with E-state index in [0.29, 0.717) is 29.5 Å². The van der Waals surface area contributed by atoms with Gasteiger partial charge in [0.2, 0.25) is 0 Å². The van der Waals surface area contributed by atoms with Crippen molar-refractivity contribution in [1.82, 2.24) is 10.6 Å². The second-order valence-corrected chi connectivity index (χ2v) is 7.51. The molecule has 174 valence electrons. The molecular weight excluding hydrogens is 436 g/mol. The molecule has 9 nitrogen and oxygen atoms in total. The largest absolute Gasteiger partial charge is 0.493 e. The van der Waals surface area contributed by atoms with Gasteiger partial charge in [0.1, 0.15) is 6.61 Å². The lowest BCUT2D eigenvalue weighted by Gasteiger charge is -2.15. The monoisotopic (exact) mass is 460 g/mol. The average molecular weight is 460 g/mol. The fourth-order valence-electron chi connectivity index (χ4n) is 3.44. The number of nitrogens with zero attached hydrogens (tertiary/aromatic N) is 1. The summed E-state index contributed by atoms with van der Waals surface area (Å²) in [7, 11) is 1.56. The Morgan fingerprint density at radius 2 is 1.79 bits per heavy atom. The quantitative estimate of drug-likeness (QED) is 0.445. The van der Waals surface area contributed by atoms with Gasteiger partial charge in [0, 0.05) is 12.2 Å². The number of benzene rings is 3. The molecule has 1 aliphatic heterocycles. The number of carbonyl (C=O) groups excluding carboxylic acids is 3. The summed E-state index contributed by atoms with van der Waals surface area (Å²) in [5.74, 6) is 0.825. The fourth-order valence-corrected chi connectivity index (χ4v) is 3.44. The molecular formula is C25H24N4O5. The first kappa shape index (κ1) is 22.7. The summed E-state index contributed by atoms with van der Waals surface area (Å²) < 4.78 is 11.3. The van der Waals surface area contributed by atoms with Gasteiger partial charge < -0.3 is 25.4 Å². The van der Waals surface area contributed by atoms with Crippen LogP contribution in [-0.2, 0) is 17.9 Å². The van der Waals surface area contributed by atoms with E-state index in [4.69, 9.17) is 9.47 Å². The molecule has 0 spiro atoms. The Labute approximate surface area is 196 Å². The number of anilines is 2. The summed E-state index contributed by atoms with van der Waals surface area (Å²) in [6, 6.07) is 20.9. The zero-order chi connectivity index (χ0) is 23.9. The van der Waals surface area contributed by atoms with E-state index in [1.165, 1.54) is 0 Å². The molecule has 3 N–H and O–H groups in total. The number of carbonyl (C=O) groups is 3. The van der Waals surface area contributed by atoms with Crippen LogP contribution in [0.5, 0.6) is 11.5 Å². The second kappa shape index (κ2) is 10.4. The third-order valence-corrected chi connectivity index (χ3v) is 5.12. The maximum Gasteiger partial charge on any atom is 0.329 e. The highest BCUT2D eigenvalue weighted by Crippen LogP contribution is 2.29. The van der Waals surface area contributed by atoms with Gasteiger partial charge in [-0.25, -0.2) is 14.5 Å². The van der Waals surface area contributed by atoms with Crippen LogP contribution in [-0.4, -0.2) is 31.6 Å². The van der Waals surface area contributed by atoms with Gasteiger partial charge in [-0.3, -0.25) is 4.79 Å². The zero-order valence-corrected chi connectivity index (χ0v) is 18.5. The molecule has 0 aliphatic carbocycles. The average Bonchev–Trinajstić information content (AvgIpc) is 3.20. The van der Waals surface area contributed by atoms with Crippen molar-refractivity contribution in [1.29, 1.82) is 0 Å². The van der Waals surface area contributed by atoms with Crippen LogP contribution in [0, 0.1) is 0 Å². The van der Waals surface area contributed by atoms with Crippen molar-refractivity contribution >= 4 is 29.3 Å². The fraction of sp³-hybridized carbons (Fsp3) is 0.160. The van der Waals surface area contributed by atoms with Gasteiger partial charge in [0.05, 0.1) is 19.3 Å². The van der Waals surface area contributed by atoms with Crippen molar-refractivity contribution in [3.05, 3.63) is 83.9 Å². The molecule has 5 amide bonds. The Morgan fingerprint density at radius 1 is 0.971 bits per heavy atom. The third kappa shape index (κ3) is 5.44. The standard InChI is InChI=1S/C25H24N4O5/c1-33-22-12-18(10-11-21(22)34-16-17-6-3-2-4-7-17)14-26-24(31)28-19-8-5-9-20(13-19)29-23(30)15-27-25(29)32/h2-13H,14-16H2,1H3,(H,27,32)(H2,26,28,31).